The van der Waals surface area contributed by atoms with Gasteiger partial charge in [0, 0.05) is 0 Å². The first kappa shape index (κ1) is 19.0. The Labute approximate surface area is 127 Å². The van der Waals surface area contributed by atoms with Crippen molar-refractivity contribution >= 4 is 30.3 Å². The van der Waals surface area contributed by atoms with Gasteiger partial charge in [-0.15, -0.1) is 12.4 Å². The van der Waals surface area contributed by atoms with Crippen molar-refractivity contribution in [3.63, 3.8) is 0 Å². The van der Waals surface area contributed by atoms with E-state index in [4.69, 9.17) is 16.6 Å². The molecule has 1 aromatic rings. The smallest absolute Gasteiger partial charge is 0.331 e. The lowest BCUT2D eigenvalue weighted by atomic mass is 9.93. The lowest BCUT2D eigenvalue weighted by Gasteiger charge is -2.18. The van der Waals surface area contributed by atoms with E-state index in [1.54, 1.807) is 30.3 Å². The number of aliphatic carboxylic acids is 1. The highest BCUT2D eigenvalue weighted by molar-refractivity contribution is 5.91. The fraction of sp³-hybridized carbons (Fsp3) is 0.308. The summed E-state index contributed by atoms with van der Waals surface area (Å²) in [7, 11) is 0. The normalized spacial score (nSPS) is 12.7. The van der Waals surface area contributed by atoms with Crippen LogP contribution in [0, 0.1) is 5.92 Å². The van der Waals surface area contributed by atoms with Crippen molar-refractivity contribution in [3.05, 3.63) is 35.9 Å². The van der Waals surface area contributed by atoms with Gasteiger partial charge in [0.2, 0.25) is 0 Å². The largest absolute Gasteiger partial charge is 0.481 e. The Kier molecular flexibility index (Phi) is 8.22. The van der Waals surface area contributed by atoms with Crippen LogP contribution in [0.25, 0.3) is 0 Å². The molecule has 1 aromatic carbocycles. The van der Waals surface area contributed by atoms with Gasteiger partial charge in [-0.25, -0.2) is 4.79 Å². The zero-order valence-corrected chi connectivity index (χ0v) is 11.9. The maximum Gasteiger partial charge on any atom is 0.331 e. The van der Waals surface area contributed by atoms with E-state index in [9.17, 15) is 14.4 Å². The maximum atomic E-state index is 11.6. The highest BCUT2D eigenvalue weighted by atomic mass is 35.5. The molecule has 0 fully saturated rings. The van der Waals surface area contributed by atoms with E-state index in [2.05, 4.69) is 4.74 Å². The number of benzene rings is 1. The molecule has 0 aromatic heterocycles. The van der Waals surface area contributed by atoms with Crippen LogP contribution in [0.1, 0.15) is 5.56 Å². The Hall–Kier alpha value is -1.96. The molecule has 0 bridgehead atoms. The van der Waals surface area contributed by atoms with Crippen molar-refractivity contribution in [2.24, 2.45) is 17.4 Å². The van der Waals surface area contributed by atoms with E-state index in [-0.39, 0.29) is 18.8 Å². The first-order valence-electron chi connectivity index (χ1n) is 5.92. The number of esters is 2. The molecular formula is C13H17ClN2O5. The minimum Gasteiger partial charge on any atom is -0.481 e. The molecule has 0 saturated carbocycles. The Balaban J connectivity index is 0.00000400. The van der Waals surface area contributed by atoms with Crippen LogP contribution in [0.2, 0.25) is 0 Å². The summed E-state index contributed by atoms with van der Waals surface area (Å²) in [6.07, 6.45) is 0.0588. The van der Waals surface area contributed by atoms with E-state index in [0.29, 0.717) is 5.56 Å². The molecule has 0 aliphatic rings. The van der Waals surface area contributed by atoms with Crippen LogP contribution in [0.3, 0.4) is 0 Å². The number of carboxylic acid groups (broad SMARTS) is 1. The van der Waals surface area contributed by atoms with E-state index in [0.717, 1.165) is 0 Å². The maximum absolute atomic E-state index is 11.6. The molecule has 0 amide bonds. The summed E-state index contributed by atoms with van der Waals surface area (Å²) < 4.78 is 4.34. The number of carboxylic acids is 1. The van der Waals surface area contributed by atoms with Gasteiger partial charge in [-0.05, 0) is 12.0 Å². The van der Waals surface area contributed by atoms with Crippen molar-refractivity contribution in [1.82, 2.24) is 0 Å². The van der Waals surface area contributed by atoms with Gasteiger partial charge >= 0.3 is 17.9 Å². The second-order valence-corrected chi connectivity index (χ2v) is 4.16. The van der Waals surface area contributed by atoms with Gasteiger partial charge in [-0.2, -0.15) is 0 Å². The summed E-state index contributed by atoms with van der Waals surface area (Å²) in [6.45, 7) is -0.477. The zero-order valence-electron chi connectivity index (χ0n) is 11.1. The summed E-state index contributed by atoms with van der Waals surface area (Å²) in [6, 6.07) is 7.28. The number of hydrogen-bond acceptors (Lipinski definition) is 6. The van der Waals surface area contributed by atoms with Crippen molar-refractivity contribution in [2.75, 3.05) is 6.54 Å². The number of rotatable bonds is 6. The van der Waals surface area contributed by atoms with Crippen molar-refractivity contribution in [3.8, 4) is 0 Å². The summed E-state index contributed by atoms with van der Waals surface area (Å²) in [5, 5.41) is 9.15. The lowest BCUT2D eigenvalue weighted by Crippen LogP contribution is -2.45. The minimum absolute atomic E-state index is 0. The van der Waals surface area contributed by atoms with E-state index in [1.807, 2.05) is 0 Å². The Morgan fingerprint density at radius 1 is 1.19 bits per heavy atom. The summed E-state index contributed by atoms with van der Waals surface area (Å²) >= 11 is 0. The number of carbonyl (C=O) groups is 3. The molecule has 21 heavy (non-hydrogen) atoms. The van der Waals surface area contributed by atoms with Crippen LogP contribution in [-0.2, 0) is 25.5 Å². The lowest BCUT2D eigenvalue weighted by molar-refractivity contribution is -0.163. The molecule has 116 valence electrons. The Morgan fingerprint density at radius 3 is 2.24 bits per heavy atom. The van der Waals surface area contributed by atoms with Crippen LogP contribution in [-0.4, -0.2) is 35.6 Å². The fourth-order valence-corrected chi connectivity index (χ4v) is 1.62. The van der Waals surface area contributed by atoms with Gasteiger partial charge in [-0.3, -0.25) is 9.59 Å². The zero-order chi connectivity index (χ0) is 15.1. The van der Waals surface area contributed by atoms with Gasteiger partial charge in [0.1, 0.15) is 6.04 Å². The molecule has 5 N–H and O–H groups in total. The Morgan fingerprint density at radius 2 is 1.76 bits per heavy atom. The van der Waals surface area contributed by atoms with Crippen molar-refractivity contribution in [2.45, 2.75) is 12.5 Å². The van der Waals surface area contributed by atoms with E-state index in [1.165, 1.54) is 0 Å². The molecular weight excluding hydrogens is 300 g/mol. The predicted octanol–water partition coefficient (Wildman–Crippen LogP) is -0.292. The van der Waals surface area contributed by atoms with E-state index >= 15 is 0 Å². The third kappa shape index (κ3) is 5.90. The standard InChI is InChI=1S/C13H16N2O5.ClH/c14-7-10(16)20-13(19)11(15)9(12(17)18)6-8-4-2-1-3-5-8;/h1-5,9,11H,6-7,14-15H2,(H,17,18);1H/t9?,11-;/m0./s1. The first-order valence-corrected chi connectivity index (χ1v) is 5.92. The third-order valence-electron chi connectivity index (χ3n) is 2.70. The molecule has 0 saturated heterocycles. The topological polar surface area (TPSA) is 133 Å². The number of halogens is 1. The van der Waals surface area contributed by atoms with Crippen molar-refractivity contribution in [1.29, 1.82) is 0 Å². The van der Waals surface area contributed by atoms with Crippen LogP contribution < -0.4 is 11.5 Å². The van der Waals surface area contributed by atoms with Gasteiger partial charge in [-0.1, -0.05) is 30.3 Å². The Bertz CT molecular complexity index is 495. The molecule has 1 unspecified atom stereocenters. The average Bonchev–Trinajstić information content (AvgIpc) is 2.44. The van der Waals surface area contributed by atoms with Gasteiger partial charge in [0.25, 0.3) is 0 Å². The predicted molar refractivity (Wildman–Crippen MR) is 76.6 cm³/mol. The molecule has 7 nitrogen and oxygen atoms in total. The summed E-state index contributed by atoms with van der Waals surface area (Å²) in [4.78, 5) is 33.7. The quantitative estimate of drug-likeness (QED) is 0.485. The second-order valence-electron chi connectivity index (χ2n) is 4.16. The number of nitrogens with two attached hydrogens (primary N) is 2. The molecule has 0 radical (unpaired) electrons. The van der Waals surface area contributed by atoms with Crippen LogP contribution in [0.15, 0.2) is 30.3 Å². The van der Waals surface area contributed by atoms with Gasteiger partial charge in [0.05, 0.1) is 12.5 Å². The number of carbonyl (C=O) groups excluding carboxylic acids is 2. The number of ether oxygens (including phenoxy) is 1. The summed E-state index contributed by atoms with van der Waals surface area (Å²) in [5.41, 5.74) is 11.3. The van der Waals surface area contributed by atoms with Gasteiger partial charge < -0.3 is 21.3 Å². The minimum atomic E-state index is -1.44. The van der Waals surface area contributed by atoms with E-state index < -0.39 is 36.4 Å². The van der Waals surface area contributed by atoms with Gasteiger partial charge in [0.15, 0.2) is 0 Å². The average molecular weight is 317 g/mol. The first-order chi connectivity index (χ1) is 9.45. The SMILES string of the molecule is Cl.NCC(=O)OC(=O)[C@@H](N)C(Cc1ccccc1)C(=O)O. The van der Waals surface area contributed by atoms with Crippen LogP contribution >= 0.6 is 12.4 Å². The number of hydrogen-bond donors (Lipinski definition) is 3. The molecule has 0 spiro atoms. The highest BCUT2D eigenvalue weighted by Crippen LogP contribution is 2.13. The fourth-order valence-electron chi connectivity index (χ4n) is 1.62. The summed E-state index contributed by atoms with van der Waals surface area (Å²) in [5.74, 6) is -4.47. The molecule has 0 heterocycles. The molecule has 0 aliphatic heterocycles. The molecule has 1 rings (SSSR count). The van der Waals surface area contributed by atoms with Crippen LogP contribution in [0.5, 0.6) is 0 Å². The van der Waals surface area contributed by atoms with Crippen LogP contribution in [0.4, 0.5) is 0 Å². The molecule has 2 atom stereocenters. The molecule has 8 heteroatoms. The third-order valence-corrected chi connectivity index (χ3v) is 2.70. The highest BCUT2D eigenvalue weighted by Gasteiger charge is 2.33. The second kappa shape index (κ2) is 9.06. The monoisotopic (exact) mass is 316 g/mol. The van der Waals surface area contributed by atoms with Crippen molar-refractivity contribution < 1.29 is 24.2 Å². The molecule has 0 aliphatic carbocycles.